The number of methoxy groups -OCH3 is 1. The van der Waals surface area contributed by atoms with E-state index in [1.165, 1.54) is 12.3 Å². The Hall–Kier alpha value is -3.12. The zero-order valence-corrected chi connectivity index (χ0v) is 17.6. The van der Waals surface area contributed by atoms with Crippen LogP contribution in [0.2, 0.25) is 0 Å². The first-order valence-electron chi connectivity index (χ1n) is 10.3. The summed E-state index contributed by atoms with van der Waals surface area (Å²) in [5.74, 6) is -0.0536. The molecule has 3 heterocycles. The fourth-order valence-electron chi connectivity index (χ4n) is 4.92. The van der Waals surface area contributed by atoms with Gasteiger partial charge < -0.3 is 14.5 Å². The normalized spacial score (nSPS) is 23.0. The fraction of sp³-hybridized carbons (Fsp3) is 0.435. The van der Waals surface area contributed by atoms with Crippen LogP contribution >= 0.6 is 0 Å². The summed E-state index contributed by atoms with van der Waals surface area (Å²) in [7, 11) is 1.62. The van der Waals surface area contributed by atoms with Crippen molar-refractivity contribution < 1.29 is 22.7 Å². The van der Waals surface area contributed by atoms with E-state index in [0.29, 0.717) is 50.5 Å². The third kappa shape index (κ3) is 4.02. The topological polar surface area (TPSA) is 69.5 Å². The number of likely N-dealkylation sites (tertiary alicyclic amines) is 1. The van der Waals surface area contributed by atoms with Crippen LogP contribution in [-0.4, -0.2) is 55.7 Å². The SMILES string of the molecule is COCC12CCN(C(=O)c3cccnc3)CC1CN(c1ccc(C#N)c(C(F)(F)F)c1)C2. The van der Waals surface area contributed by atoms with Crippen molar-refractivity contribution in [2.24, 2.45) is 11.3 Å². The van der Waals surface area contributed by atoms with Gasteiger partial charge in [-0.05, 0) is 36.8 Å². The van der Waals surface area contributed by atoms with Crippen LogP contribution in [0.3, 0.4) is 0 Å². The number of nitriles is 1. The number of piperidine rings is 1. The number of carbonyl (C=O) groups excluding carboxylic acids is 1. The Morgan fingerprint density at radius 3 is 2.81 bits per heavy atom. The second-order valence-corrected chi connectivity index (χ2v) is 8.46. The number of anilines is 1. The number of ether oxygens (including phenoxy) is 1. The number of fused-ring (bicyclic) bond motifs is 1. The largest absolute Gasteiger partial charge is 0.417 e. The minimum atomic E-state index is -4.61. The van der Waals surface area contributed by atoms with Gasteiger partial charge in [-0.1, -0.05) is 0 Å². The highest BCUT2D eigenvalue weighted by Gasteiger charge is 2.50. The molecule has 168 valence electrons. The van der Waals surface area contributed by atoms with Crippen LogP contribution in [0, 0.1) is 22.7 Å². The van der Waals surface area contributed by atoms with Gasteiger partial charge in [0.2, 0.25) is 0 Å². The zero-order valence-electron chi connectivity index (χ0n) is 17.6. The van der Waals surface area contributed by atoms with Crippen LogP contribution in [0.15, 0.2) is 42.7 Å². The quantitative estimate of drug-likeness (QED) is 0.721. The summed E-state index contributed by atoms with van der Waals surface area (Å²) in [4.78, 5) is 20.6. The number of nitrogens with zero attached hydrogens (tertiary/aromatic N) is 4. The maximum absolute atomic E-state index is 13.5. The molecule has 1 aromatic carbocycles. The van der Waals surface area contributed by atoms with Gasteiger partial charge in [-0.3, -0.25) is 9.78 Å². The minimum absolute atomic E-state index is 0.0433. The molecule has 2 fully saturated rings. The molecule has 0 saturated carbocycles. The Labute approximate surface area is 184 Å². The number of hydrogen-bond acceptors (Lipinski definition) is 5. The second kappa shape index (κ2) is 8.43. The lowest BCUT2D eigenvalue weighted by molar-refractivity contribution is -0.137. The molecular weight excluding hydrogens is 421 g/mol. The monoisotopic (exact) mass is 444 g/mol. The third-order valence-corrected chi connectivity index (χ3v) is 6.55. The van der Waals surface area contributed by atoms with Crippen molar-refractivity contribution in [3.8, 4) is 6.07 Å². The minimum Gasteiger partial charge on any atom is -0.384 e. The lowest BCUT2D eigenvalue weighted by Gasteiger charge is -2.43. The van der Waals surface area contributed by atoms with Gasteiger partial charge in [0.05, 0.1) is 29.4 Å². The average molecular weight is 444 g/mol. The van der Waals surface area contributed by atoms with Crippen molar-refractivity contribution in [3.05, 3.63) is 59.4 Å². The number of pyridine rings is 1. The lowest BCUT2D eigenvalue weighted by atomic mass is 9.73. The van der Waals surface area contributed by atoms with Gasteiger partial charge in [0.25, 0.3) is 5.91 Å². The molecule has 0 bridgehead atoms. The van der Waals surface area contributed by atoms with Gasteiger partial charge in [-0.25, -0.2) is 0 Å². The summed E-state index contributed by atoms with van der Waals surface area (Å²) >= 11 is 0. The maximum Gasteiger partial charge on any atom is 0.417 e. The average Bonchev–Trinajstić information content (AvgIpc) is 3.17. The van der Waals surface area contributed by atoms with Crippen molar-refractivity contribution in [1.82, 2.24) is 9.88 Å². The summed E-state index contributed by atoms with van der Waals surface area (Å²) in [6, 6.07) is 8.90. The van der Waals surface area contributed by atoms with Crippen LogP contribution in [0.5, 0.6) is 0 Å². The van der Waals surface area contributed by atoms with E-state index >= 15 is 0 Å². The molecule has 2 aliphatic rings. The highest BCUT2D eigenvalue weighted by molar-refractivity contribution is 5.94. The molecule has 1 aromatic heterocycles. The van der Waals surface area contributed by atoms with Gasteiger partial charge in [0.15, 0.2) is 0 Å². The molecule has 4 rings (SSSR count). The first-order chi connectivity index (χ1) is 15.3. The molecule has 0 N–H and O–H groups in total. The number of benzene rings is 1. The second-order valence-electron chi connectivity index (χ2n) is 8.46. The molecule has 9 heteroatoms. The van der Waals surface area contributed by atoms with Crippen molar-refractivity contribution >= 4 is 11.6 Å². The summed E-state index contributed by atoms with van der Waals surface area (Å²) in [5.41, 5.74) is -0.638. The smallest absolute Gasteiger partial charge is 0.384 e. The van der Waals surface area contributed by atoms with Crippen molar-refractivity contribution in [2.45, 2.75) is 12.6 Å². The molecular formula is C23H23F3N4O2. The molecule has 2 saturated heterocycles. The summed E-state index contributed by atoms with van der Waals surface area (Å²) in [6.07, 6.45) is -0.769. The van der Waals surface area contributed by atoms with Crippen LogP contribution in [-0.2, 0) is 10.9 Å². The molecule has 0 spiro atoms. The van der Waals surface area contributed by atoms with E-state index in [4.69, 9.17) is 10.00 Å². The predicted octanol–water partition coefficient (Wildman–Crippen LogP) is 3.59. The Balaban J connectivity index is 1.59. The van der Waals surface area contributed by atoms with E-state index in [1.807, 2.05) is 4.90 Å². The molecule has 2 unspecified atom stereocenters. The van der Waals surface area contributed by atoms with Gasteiger partial charge in [-0.2, -0.15) is 18.4 Å². The van der Waals surface area contributed by atoms with Crippen molar-refractivity contribution in [1.29, 1.82) is 5.26 Å². The molecule has 2 aliphatic heterocycles. The summed E-state index contributed by atoms with van der Waals surface area (Å²) < 4.78 is 45.9. The molecule has 0 aliphatic carbocycles. The number of alkyl halides is 3. The summed E-state index contributed by atoms with van der Waals surface area (Å²) in [6.45, 7) is 2.54. The van der Waals surface area contributed by atoms with E-state index in [0.717, 1.165) is 6.07 Å². The van der Waals surface area contributed by atoms with E-state index < -0.39 is 17.3 Å². The molecule has 32 heavy (non-hydrogen) atoms. The van der Waals surface area contributed by atoms with Crippen LogP contribution < -0.4 is 4.90 Å². The molecule has 1 amide bonds. The Morgan fingerprint density at radius 2 is 2.16 bits per heavy atom. The first-order valence-corrected chi connectivity index (χ1v) is 10.3. The standard InChI is InChI=1S/C23H23F3N4O2/c1-32-15-22-6-8-29(21(31)17-3-2-7-28-11-17)12-18(22)13-30(14-22)19-5-4-16(10-27)20(9-19)23(24,25)26/h2-5,7,9,11,18H,6,8,12-15H2,1H3. The number of aromatic nitrogens is 1. The predicted molar refractivity (Wildman–Crippen MR) is 111 cm³/mol. The van der Waals surface area contributed by atoms with Gasteiger partial charge in [-0.15, -0.1) is 0 Å². The first kappa shape index (κ1) is 22.1. The van der Waals surface area contributed by atoms with Gasteiger partial charge >= 0.3 is 6.18 Å². The van der Waals surface area contributed by atoms with Gasteiger partial charge in [0.1, 0.15) is 0 Å². The molecule has 2 atom stereocenters. The van der Waals surface area contributed by atoms with Crippen molar-refractivity contribution in [2.75, 3.05) is 44.8 Å². The number of hydrogen-bond donors (Lipinski definition) is 0. The van der Waals surface area contributed by atoms with E-state index in [2.05, 4.69) is 4.98 Å². The summed E-state index contributed by atoms with van der Waals surface area (Å²) in [5, 5.41) is 9.07. The van der Waals surface area contributed by atoms with Gasteiger partial charge in [0, 0.05) is 62.7 Å². The van der Waals surface area contributed by atoms with Crippen LogP contribution in [0.4, 0.5) is 18.9 Å². The van der Waals surface area contributed by atoms with E-state index in [-0.39, 0.29) is 17.2 Å². The number of halogens is 3. The highest BCUT2D eigenvalue weighted by Crippen LogP contribution is 2.45. The number of amides is 1. The molecule has 6 nitrogen and oxygen atoms in total. The zero-order chi connectivity index (χ0) is 22.9. The Bertz CT molecular complexity index is 1040. The van der Waals surface area contributed by atoms with E-state index in [1.54, 1.807) is 42.5 Å². The Morgan fingerprint density at radius 1 is 1.34 bits per heavy atom. The lowest BCUT2D eigenvalue weighted by Crippen LogP contribution is -2.50. The molecule has 0 radical (unpaired) electrons. The third-order valence-electron chi connectivity index (χ3n) is 6.55. The molecule has 2 aromatic rings. The number of rotatable bonds is 4. The van der Waals surface area contributed by atoms with Crippen LogP contribution in [0.25, 0.3) is 0 Å². The van der Waals surface area contributed by atoms with Crippen LogP contribution in [0.1, 0.15) is 27.9 Å². The maximum atomic E-state index is 13.5. The number of carbonyl (C=O) groups is 1. The van der Waals surface area contributed by atoms with Crippen molar-refractivity contribution in [3.63, 3.8) is 0 Å². The highest BCUT2D eigenvalue weighted by atomic mass is 19.4. The fourth-order valence-corrected chi connectivity index (χ4v) is 4.92. The van der Waals surface area contributed by atoms with E-state index in [9.17, 15) is 18.0 Å². The Kier molecular flexibility index (Phi) is 5.82.